The van der Waals surface area contributed by atoms with E-state index < -0.39 is 0 Å². The number of hydrogen-bond acceptors (Lipinski definition) is 7. The predicted molar refractivity (Wildman–Crippen MR) is 107 cm³/mol. The highest BCUT2D eigenvalue weighted by Crippen LogP contribution is 2.27. The van der Waals surface area contributed by atoms with Crippen molar-refractivity contribution in [2.24, 2.45) is 0 Å². The first kappa shape index (κ1) is 17.4. The van der Waals surface area contributed by atoms with Crippen LogP contribution in [0.25, 0.3) is 33.5 Å². The smallest absolute Gasteiger partial charge is 0.198 e. The molecule has 27 heavy (non-hydrogen) atoms. The summed E-state index contributed by atoms with van der Waals surface area (Å²) in [7, 11) is 0. The quantitative estimate of drug-likeness (QED) is 0.365. The maximum absolute atomic E-state index is 5.51. The molecule has 7 heteroatoms. The van der Waals surface area contributed by atoms with Gasteiger partial charge in [0.15, 0.2) is 22.9 Å². The van der Waals surface area contributed by atoms with Crippen molar-refractivity contribution < 1.29 is 4.42 Å². The average Bonchev–Trinajstić information content (AvgIpc) is 3.25. The second-order valence-electron chi connectivity index (χ2n) is 6.32. The van der Waals surface area contributed by atoms with E-state index in [0.717, 1.165) is 48.9 Å². The summed E-state index contributed by atoms with van der Waals surface area (Å²) in [5.74, 6) is 1.85. The molecule has 0 spiro atoms. The van der Waals surface area contributed by atoms with Gasteiger partial charge in [0.2, 0.25) is 0 Å². The number of hydrogen-bond donors (Lipinski definition) is 2. The number of anilines is 1. The molecular weight excluding hydrogens is 340 g/mol. The van der Waals surface area contributed by atoms with Crippen LogP contribution in [0, 0.1) is 0 Å². The van der Waals surface area contributed by atoms with Gasteiger partial charge in [-0.25, -0.2) is 9.97 Å². The Morgan fingerprint density at radius 3 is 2.70 bits per heavy atom. The summed E-state index contributed by atoms with van der Waals surface area (Å²) in [6.07, 6.45) is 3.75. The zero-order chi connectivity index (χ0) is 18.5. The van der Waals surface area contributed by atoms with Gasteiger partial charge in [0.05, 0.1) is 11.8 Å². The molecule has 0 atom stereocenters. The van der Waals surface area contributed by atoms with E-state index >= 15 is 0 Å². The first-order chi connectivity index (χ1) is 13.4. The summed E-state index contributed by atoms with van der Waals surface area (Å²) in [6, 6.07) is 11.5. The molecule has 0 aliphatic rings. The highest BCUT2D eigenvalue weighted by molar-refractivity contribution is 6.04. The Morgan fingerprint density at radius 1 is 0.926 bits per heavy atom. The van der Waals surface area contributed by atoms with Gasteiger partial charge in [0.25, 0.3) is 0 Å². The Bertz CT molecular complexity index is 1030. The van der Waals surface area contributed by atoms with Crippen LogP contribution in [-0.2, 0) is 0 Å². The topological polar surface area (TPSA) is 88.8 Å². The Morgan fingerprint density at radius 2 is 1.85 bits per heavy atom. The number of fused-ring (bicyclic) bond motifs is 3. The molecule has 7 nitrogen and oxygen atoms in total. The summed E-state index contributed by atoms with van der Waals surface area (Å²) in [5.41, 5.74) is 2.25. The van der Waals surface area contributed by atoms with E-state index in [1.165, 1.54) is 0 Å². The molecule has 0 bridgehead atoms. The van der Waals surface area contributed by atoms with Crippen LogP contribution in [0.3, 0.4) is 0 Å². The van der Waals surface area contributed by atoms with E-state index in [-0.39, 0.29) is 0 Å². The minimum absolute atomic E-state index is 0.539. The molecular formula is C20H22N6O. The van der Waals surface area contributed by atoms with Crippen LogP contribution in [0.5, 0.6) is 0 Å². The van der Waals surface area contributed by atoms with Crippen molar-refractivity contribution >= 4 is 27.8 Å². The Hall–Kier alpha value is -3.06. The van der Waals surface area contributed by atoms with Gasteiger partial charge in [-0.15, -0.1) is 10.2 Å². The van der Waals surface area contributed by atoms with Crippen molar-refractivity contribution in [1.82, 2.24) is 25.5 Å². The molecule has 138 valence electrons. The molecule has 0 radical (unpaired) electrons. The SMILES string of the molecule is CCCNCCCNc1nc(-c2ccco2)nc2c1nnc1ccccc12. The van der Waals surface area contributed by atoms with Gasteiger partial charge in [-0.05, 0) is 44.1 Å². The number of aromatic nitrogens is 4. The molecule has 2 N–H and O–H groups in total. The van der Waals surface area contributed by atoms with Crippen LogP contribution in [-0.4, -0.2) is 39.8 Å². The molecule has 0 fully saturated rings. The van der Waals surface area contributed by atoms with E-state index in [9.17, 15) is 0 Å². The first-order valence-electron chi connectivity index (χ1n) is 9.28. The maximum atomic E-state index is 5.51. The highest BCUT2D eigenvalue weighted by Gasteiger charge is 2.15. The standard InChI is InChI=1S/C20H22N6O/c1-2-10-21-11-6-12-22-20-18-17(14-7-3-4-8-15(14)25-26-18)23-19(24-20)16-9-5-13-27-16/h3-5,7-9,13,21H,2,6,10-12H2,1H3,(H,22,23,24). The van der Waals surface area contributed by atoms with Crippen LogP contribution in [0.4, 0.5) is 5.82 Å². The Labute approximate surface area is 157 Å². The molecule has 1 aromatic carbocycles. The van der Waals surface area contributed by atoms with Crippen molar-refractivity contribution in [2.75, 3.05) is 25.0 Å². The largest absolute Gasteiger partial charge is 0.461 e. The van der Waals surface area contributed by atoms with Crippen molar-refractivity contribution in [3.8, 4) is 11.6 Å². The van der Waals surface area contributed by atoms with Crippen molar-refractivity contribution in [2.45, 2.75) is 19.8 Å². The van der Waals surface area contributed by atoms with Crippen LogP contribution >= 0.6 is 0 Å². The normalized spacial score (nSPS) is 11.3. The monoisotopic (exact) mass is 362 g/mol. The van der Waals surface area contributed by atoms with Gasteiger partial charge in [0, 0.05) is 11.9 Å². The number of furan rings is 1. The lowest BCUT2D eigenvalue weighted by Crippen LogP contribution is -2.19. The van der Waals surface area contributed by atoms with Gasteiger partial charge in [-0.1, -0.05) is 25.1 Å². The van der Waals surface area contributed by atoms with Crippen LogP contribution < -0.4 is 10.6 Å². The molecule has 0 saturated carbocycles. The first-order valence-corrected chi connectivity index (χ1v) is 9.28. The number of benzene rings is 1. The van der Waals surface area contributed by atoms with Crippen molar-refractivity contribution in [3.63, 3.8) is 0 Å². The number of rotatable bonds is 8. The minimum atomic E-state index is 0.539. The summed E-state index contributed by atoms with van der Waals surface area (Å²) in [4.78, 5) is 9.36. The predicted octanol–water partition coefficient (Wildman–Crippen LogP) is 3.63. The zero-order valence-electron chi connectivity index (χ0n) is 15.3. The van der Waals surface area contributed by atoms with Gasteiger partial charge in [-0.3, -0.25) is 0 Å². The Balaban J connectivity index is 1.71. The van der Waals surface area contributed by atoms with E-state index in [1.54, 1.807) is 6.26 Å². The molecule has 4 rings (SSSR count). The third-order valence-corrected chi connectivity index (χ3v) is 4.29. The minimum Gasteiger partial charge on any atom is -0.461 e. The highest BCUT2D eigenvalue weighted by atomic mass is 16.3. The Kier molecular flexibility index (Phi) is 5.20. The van der Waals surface area contributed by atoms with Gasteiger partial charge >= 0.3 is 0 Å². The maximum Gasteiger partial charge on any atom is 0.198 e. The van der Waals surface area contributed by atoms with Crippen LogP contribution in [0.2, 0.25) is 0 Å². The molecule has 3 aromatic heterocycles. The van der Waals surface area contributed by atoms with E-state index in [1.807, 2.05) is 36.4 Å². The summed E-state index contributed by atoms with van der Waals surface area (Å²) >= 11 is 0. The lowest BCUT2D eigenvalue weighted by atomic mass is 10.2. The second kappa shape index (κ2) is 8.09. The lowest BCUT2D eigenvalue weighted by molar-refractivity contribution is 0.577. The van der Waals surface area contributed by atoms with Gasteiger partial charge in [0.1, 0.15) is 5.52 Å². The molecule has 4 aromatic rings. The van der Waals surface area contributed by atoms with E-state index in [0.29, 0.717) is 22.9 Å². The molecule has 0 aliphatic heterocycles. The molecule has 3 heterocycles. The van der Waals surface area contributed by atoms with E-state index in [2.05, 4.69) is 32.7 Å². The third-order valence-electron chi connectivity index (χ3n) is 4.29. The summed E-state index contributed by atoms with van der Waals surface area (Å²) in [6.45, 7) is 4.95. The molecule has 0 saturated heterocycles. The number of nitrogens with zero attached hydrogens (tertiary/aromatic N) is 4. The summed E-state index contributed by atoms with van der Waals surface area (Å²) in [5, 5.41) is 16.4. The summed E-state index contributed by atoms with van der Waals surface area (Å²) < 4.78 is 5.51. The molecule has 0 aliphatic carbocycles. The van der Waals surface area contributed by atoms with Gasteiger partial charge in [-0.2, -0.15) is 0 Å². The van der Waals surface area contributed by atoms with Crippen molar-refractivity contribution in [1.29, 1.82) is 0 Å². The lowest BCUT2D eigenvalue weighted by Gasteiger charge is -2.10. The van der Waals surface area contributed by atoms with Crippen LogP contribution in [0.15, 0.2) is 47.1 Å². The fourth-order valence-corrected chi connectivity index (χ4v) is 2.96. The van der Waals surface area contributed by atoms with Crippen LogP contribution in [0.1, 0.15) is 19.8 Å². The fourth-order valence-electron chi connectivity index (χ4n) is 2.96. The number of nitrogens with one attached hydrogen (secondary N) is 2. The zero-order valence-corrected chi connectivity index (χ0v) is 15.3. The second-order valence-corrected chi connectivity index (χ2v) is 6.32. The van der Waals surface area contributed by atoms with Crippen molar-refractivity contribution in [3.05, 3.63) is 42.7 Å². The van der Waals surface area contributed by atoms with E-state index in [4.69, 9.17) is 9.40 Å². The third kappa shape index (κ3) is 3.73. The average molecular weight is 362 g/mol. The van der Waals surface area contributed by atoms with Gasteiger partial charge < -0.3 is 15.1 Å². The molecule has 0 unspecified atom stereocenters. The molecule has 0 amide bonds. The fraction of sp³-hybridized carbons (Fsp3) is 0.300.